The molecule has 0 aliphatic heterocycles. The van der Waals surface area contributed by atoms with Gasteiger partial charge >= 0.3 is 5.97 Å². The summed E-state index contributed by atoms with van der Waals surface area (Å²) >= 11 is 6.00. The molecule has 2 aromatic rings. The number of nitrogens with one attached hydrogen (secondary N) is 1. The molecular formula is C16H16ClN3O3. The van der Waals surface area contributed by atoms with Gasteiger partial charge in [-0.3, -0.25) is 4.79 Å². The van der Waals surface area contributed by atoms with Gasteiger partial charge in [0, 0.05) is 11.6 Å². The average Bonchev–Trinajstić information content (AvgIpc) is 2.49. The minimum atomic E-state index is -1.07. The Labute approximate surface area is 138 Å². The third-order valence-corrected chi connectivity index (χ3v) is 3.50. The van der Waals surface area contributed by atoms with Crippen molar-refractivity contribution in [1.29, 1.82) is 0 Å². The number of carbonyl (C=O) groups excluding carboxylic acids is 1. The van der Waals surface area contributed by atoms with Crippen LogP contribution in [0.4, 0.5) is 5.69 Å². The monoisotopic (exact) mass is 333 g/mol. The van der Waals surface area contributed by atoms with Gasteiger partial charge in [-0.05, 0) is 24.6 Å². The normalized spacial score (nSPS) is 10.7. The molecule has 2 rings (SSSR count). The van der Waals surface area contributed by atoms with E-state index in [1.54, 1.807) is 13.0 Å². The van der Waals surface area contributed by atoms with Crippen molar-refractivity contribution in [1.82, 2.24) is 9.97 Å². The van der Waals surface area contributed by atoms with Crippen LogP contribution in [0.2, 0.25) is 5.02 Å². The van der Waals surface area contributed by atoms with Gasteiger partial charge < -0.3 is 10.4 Å². The van der Waals surface area contributed by atoms with Crippen LogP contribution in [-0.4, -0.2) is 27.0 Å². The second-order valence-corrected chi connectivity index (χ2v) is 5.78. The summed E-state index contributed by atoms with van der Waals surface area (Å²) in [7, 11) is 0. The number of carboxylic acid groups (broad SMARTS) is 1. The zero-order valence-corrected chi connectivity index (χ0v) is 13.7. The standard InChI is InChI=1S/C16H16ClN3O3/c1-8(2)14-18-7-11(17)13(20-14)15(21)19-12-6-10(16(22)23)5-4-9(12)3/h4-8H,1-3H3,(H,19,21)(H,22,23). The van der Waals surface area contributed by atoms with Gasteiger partial charge in [0.2, 0.25) is 0 Å². The Morgan fingerprint density at radius 2 is 2.00 bits per heavy atom. The molecule has 2 N–H and O–H groups in total. The lowest BCUT2D eigenvalue weighted by Crippen LogP contribution is -2.17. The maximum atomic E-state index is 12.4. The third kappa shape index (κ3) is 3.84. The van der Waals surface area contributed by atoms with Gasteiger partial charge in [0.15, 0.2) is 5.69 Å². The maximum absolute atomic E-state index is 12.4. The molecule has 0 saturated heterocycles. The Balaban J connectivity index is 2.34. The molecule has 0 aliphatic carbocycles. The number of anilines is 1. The van der Waals surface area contributed by atoms with Crippen molar-refractivity contribution in [3.63, 3.8) is 0 Å². The van der Waals surface area contributed by atoms with Crippen LogP contribution in [0.5, 0.6) is 0 Å². The van der Waals surface area contributed by atoms with Gasteiger partial charge in [0.05, 0.1) is 16.8 Å². The van der Waals surface area contributed by atoms with Crippen molar-refractivity contribution < 1.29 is 14.7 Å². The zero-order valence-electron chi connectivity index (χ0n) is 12.9. The second kappa shape index (κ2) is 6.75. The van der Waals surface area contributed by atoms with E-state index in [9.17, 15) is 9.59 Å². The number of nitrogens with zero attached hydrogens (tertiary/aromatic N) is 2. The van der Waals surface area contributed by atoms with Crippen LogP contribution >= 0.6 is 11.6 Å². The number of carbonyl (C=O) groups is 2. The zero-order chi connectivity index (χ0) is 17.1. The first-order valence-corrected chi connectivity index (χ1v) is 7.35. The van der Waals surface area contributed by atoms with Crippen molar-refractivity contribution in [2.75, 3.05) is 5.32 Å². The summed E-state index contributed by atoms with van der Waals surface area (Å²) in [6.07, 6.45) is 1.39. The summed E-state index contributed by atoms with van der Waals surface area (Å²) in [5, 5.41) is 11.8. The van der Waals surface area contributed by atoms with Crippen LogP contribution in [0, 0.1) is 6.92 Å². The molecule has 7 heteroatoms. The van der Waals surface area contributed by atoms with E-state index in [1.807, 2.05) is 13.8 Å². The topological polar surface area (TPSA) is 92.2 Å². The van der Waals surface area contributed by atoms with Crippen LogP contribution < -0.4 is 5.32 Å². The highest BCUT2D eigenvalue weighted by atomic mass is 35.5. The molecule has 1 aromatic carbocycles. The molecule has 0 radical (unpaired) electrons. The van der Waals surface area contributed by atoms with Crippen LogP contribution in [0.15, 0.2) is 24.4 Å². The number of aromatic carboxylic acids is 1. The number of rotatable bonds is 4. The first-order chi connectivity index (χ1) is 10.8. The molecule has 0 aliphatic rings. The number of hydrogen-bond acceptors (Lipinski definition) is 4. The molecule has 23 heavy (non-hydrogen) atoms. The first-order valence-electron chi connectivity index (χ1n) is 6.97. The Bertz CT molecular complexity index is 775. The number of benzene rings is 1. The summed E-state index contributed by atoms with van der Waals surface area (Å²) in [5.41, 5.74) is 1.28. The Morgan fingerprint density at radius 1 is 1.30 bits per heavy atom. The van der Waals surface area contributed by atoms with Gasteiger partial charge in [-0.1, -0.05) is 31.5 Å². The molecule has 0 bridgehead atoms. The number of hydrogen-bond donors (Lipinski definition) is 2. The van der Waals surface area contributed by atoms with E-state index in [-0.39, 0.29) is 22.2 Å². The molecule has 0 atom stereocenters. The second-order valence-electron chi connectivity index (χ2n) is 5.37. The van der Waals surface area contributed by atoms with E-state index in [4.69, 9.17) is 16.7 Å². The quantitative estimate of drug-likeness (QED) is 0.893. The number of aryl methyl sites for hydroxylation is 1. The van der Waals surface area contributed by atoms with Gasteiger partial charge in [-0.25, -0.2) is 14.8 Å². The SMILES string of the molecule is Cc1ccc(C(=O)O)cc1NC(=O)c1nc(C(C)C)ncc1Cl. The van der Waals surface area contributed by atoms with Crippen LogP contribution in [0.25, 0.3) is 0 Å². The molecule has 0 spiro atoms. The largest absolute Gasteiger partial charge is 0.478 e. The summed E-state index contributed by atoms with van der Waals surface area (Å²) in [4.78, 5) is 31.7. The fourth-order valence-corrected chi connectivity index (χ4v) is 2.07. The van der Waals surface area contributed by atoms with Gasteiger partial charge in [-0.2, -0.15) is 0 Å². The predicted octanol–water partition coefficient (Wildman–Crippen LogP) is 3.51. The van der Waals surface area contributed by atoms with E-state index in [0.717, 1.165) is 5.56 Å². The van der Waals surface area contributed by atoms with Crippen molar-refractivity contribution in [2.24, 2.45) is 0 Å². The maximum Gasteiger partial charge on any atom is 0.335 e. The molecular weight excluding hydrogens is 318 g/mol. The van der Waals surface area contributed by atoms with Crippen molar-refractivity contribution in [3.8, 4) is 0 Å². The molecule has 0 fully saturated rings. The average molecular weight is 334 g/mol. The van der Waals surface area contributed by atoms with Crippen molar-refractivity contribution in [2.45, 2.75) is 26.7 Å². The molecule has 1 amide bonds. The van der Waals surface area contributed by atoms with E-state index in [0.29, 0.717) is 11.5 Å². The smallest absolute Gasteiger partial charge is 0.335 e. The van der Waals surface area contributed by atoms with Gasteiger partial charge in [0.25, 0.3) is 5.91 Å². The molecule has 120 valence electrons. The summed E-state index contributed by atoms with van der Waals surface area (Å²) in [6, 6.07) is 4.50. The van der Waals surface area contributed by atoms with Crippen molar-refractivity contribution >= 4 is 29.2 Å². The Hall–Kier alpha value is -2.47. The summed E-state index contributed by atoms with van der Waals surface area (Å²) in [5.74, 6) is -1.01. The van der Waals surface area contributed by atoms with Gasteiger partial charge in [-0.15, -0.1) is 0 Å². The minimum absolute atomic E-state index is 0.0518. The van der Waals surface area contributed by atoms with Crippen LogP contribution in [0.3, 0.4) is 0 Å². The number of halogens is 1. The molecule has 1 aromatic heterocycles. The third-order valence-electron chi connectivity index (χ3n) is 3.23. The molecule has 0 unspecified atom stereocenters. The fourth-order valence-electron chi connectivity index (χ4n) is 1.89. The van der Waals surface area contributed by atoms with Gasteiger partial charge in [0.1, 0.15) is 5.82 Å². The predicted molar refractivity (Wildman–Crippen MR) is 87.2 cm³/mol. The van der Waals surface area contributed by atoms with E-state index in [1.165, 1.54) is 18.3 Å². The highest BCUT2D eigenvalue weighted by Crippen LogP contribution is 2.21. The van der Waals surface area contributed by atoms with E-state index < -0.39 is 11.9 Å². The molecule has 0 saturated carbocycles. The Morgan fingerprint density at radius 3 is 2.61 bits per heavy atom. The highest BCUT2D eigenvalue weighted by Gasteiger charge is 2.17. The van der Waals surface area contributed by atoms with Crippen LogP contribution in [-0.2, 0) is 0 Å². The van der Waals surface area contributed by atoms with E-state index in [2.05, 4.69) is 15.3 Å². The summed E-state index contributed by atoms with van der Waals surface area (Å²) in [6.45, 7) is 5.58. The Kier molecular flexibility index (Phi) is 4.95. The lowest BCUT2D eigenvalue weighted by atomic mass is 10.1. The number of amides is 1. The lowest BCUT2D eigenvalue weighted by Gasteiger charge is -2.11. The minimum Gasteiger partial charge on any atom is -0.478 e. The number of carboxylic acids is 1. The summed E-state index contributed by atoms with van der Waals surface area (Å²) < 4.78 is 0. The van der Waals surface area contributed by atoms with Crippen LogP contribution in [0.1, 0.15) is 52.0 Å². The number of aromatic nitrogens is 2. The van der Waals surface area contributed by atoms with Crippen molar-refractivity contribution in [3.05, 3.63) is 52.1 Å². The molecule has 6 nitrogen and oxygen atoms in total. The lowest BCUT2D eigenvalue weighted by molar-refractivity contribution is 0.0696. The first kappa shape index (κ1) is 16.9. The molecule has 1 heterocycles. The fraction of sp³-hybridized carbons (Fsp3) is 0.250. The highest BCUT2D eigenvalue weighted by molar-refractivity contribution is 6.33. The van der Waals surface area contributed by atoms with E-state index >= 15 is 0 Å².